The summed E-state index contributed by atoms with van der Waals surface area (Å²) in [7, 11) is 0. The molecule has 0 aliphatic heterocycles. The Bertz CT molecular complexity index is 1220. The van der Waals surface area contributed by atoms with Crippen LogP contribution in [0.3, 0.4) is 0 Å². The van der Waals surface area contributed by atoms with E-state index in [1.165, 1.54) is 12.4 Å². The second-order valence-electron chi connectivity index (χ2n) is 7.18. The summed E-state index contributed by atoms with van der Waals surface area (Å²) < 4.78 is 46.9. The lowest BCUT2D eigenvalue weighted by atomic mass is 9.99. The highest BCUT2D eigenvalue weighted by Gasteiger charge is 2.23. The molecule has 164 valence electrons. The van der Waals surface area contributed by atoms with Crippen LogP contribution in [0.2, 0.25) is 5.02 Å². The van der Waals surface area contributed by atoms with Crippen molar-refractivity contribution in [1.82, 2.24) is 9.97 Å². The lowest BCUT2D eigenvalue weighted by Crippen LogP contribution is -2.05. The van der Waals surface area contributed by atoms with Gasteiger partial charge in [0.15, 0.2) is 5.69 Å². The molecule has 0 saturated carbocycles. The van der Waals surface area contributed by atoms with Crippen LogP contribution in [0.4, 0.5) is 13.2 Å². The number of ether oxygens (including phenoxy) is 1. The minimum absolute atomic E-state index is 0.175. The zero-order valence-electron chi connectivity index (χ0n) is 16.5. The van der Waals surface area contributed by atoms with Gasteiger partial charge in [-0.25, -0.2) is 22.9 Å². The molecule has 1 aromatic heterocycles. The summed E-state index contributed by atoms with van der Waals surface area (Å²) in [6, 6.07) is 6.02. The van der Waals surface area contributed by atoms with Crippen molar-refractivity contribution < 1.29 is 27.8 Å². The number of aromatic carboxylic acids is 1. The van der Waals surface area contributed by atoms with Gasteiger partial charge >= 0.3 is 5.97 Å². The molecule has 3 aromatic rings. The minimum atomic E-state index is -1.19. The van der Waals surface area contributed by atoms with Gasteiger partial charge in [-0.05, 0) is 48.6 Å². The number of aromatic nitrogens is 2. The number of rotatable bonds is 6. The second kappa shape index (κ2) is 9.00. The van der Waals surface area contributed by atoms with E-state index in [-0.39, 0.29) is 5.69 Å². The smallest absolute Gasteiger partial charge is 0.356 e. The first-order chi connectivity index (χ1) is 15.3. The van der Waals surface area contributed by atoms with Gasteiger partial charge in [0.05, 0.1) is 23.7 Å². The molecule has 1 aliphatic rings. The molecule has 5 nitrogen and oxygen atoms in total. The van der Waals surface area contributed by atoms with E-state index in [4.69, 9.17) is 16.3 Å². The predicted molar refractivity (Wildman–Crippen MR) is 112 cm³/mol. The number of benzene rings is 2. The Hall–Kier alpha value is -3.39. The summed E-state index contributed by atoms with van der Waals surface area (Å²) in [6.07, 6.45) is 4.73. The molecule has 32 heavy (non-hydrogen) atoms. The first-order valence-electron chi connectivity index (χ1n) is 9.67. The summed E-state index contributed by atoms with van der Waals surface area (Å²) in [6.45, 7) is -0.455. The number of carboxylic acid groups (broad SMARTS) is 1. The predicted octanol–water partition coefficient (Wildman–Crippen LogP) is 5.92. The largest absolute Gasteiger partial charge is 0.488 e. The summed E-state index contributed by atoms with van der Waals surface area (Å²) in [5, 5.41) is 9.64. The molecule has 4 rings (SSSR count). The van der Waals surface area contributed by atoms with E-state index in [1.807, 2.05) is 0 Å². The molecule has 0 unspecified atom stereocenters. The Balaban J connectivity index is 1.72. The molecule has 0 fully saturated rings. The van der Waals surface area contributed by atoms with Gasteiger partial charge in [0.2, 0.25) is 0 Å². The van der Waals surface area contributed by atoms with Crippen molar-refractivity contribution >= 4 is 28.7 Å². The Morgan fingerprint density at radius 1 is 1.06 bits per heavy atom. The monoisotopic (exact) mass is 460 g/mol. The van der Waals surface area contributed by atoms with Crippen LogP contribution >= 0.6 is 11.6 Å². The van der Waals surface area contributed by atoms with E-state index in [0.29, 0.717) is 47.0 Å². The molecule has 0 radical (unpaired) electrons. The standard InChI is InChI=1S/C23H16ClF3N2O3/c24-12-4-5-22(32-11-17-18(26)7-13(25)8-19(17)27)16(6-12)14-2-1-3-15(14)20-9-28-10-21(29-20)23(30)31/h4-10H,1-3,11H2,(H,30,31). The molecule has 0 bridgehead atoms. The fraction of sp³-hybridized carbons (Fsp3) is 0.174. The average molecular weight is 461 g/mol. The van der Waals surface area contributed by atoms with Gasteiger partial charge in [0, 0.05) is 22.7 Å². The van der Waals surface area contributed by atoms with E-state index in [2.05, 4.69) is 9.97 Å². The number of carboxylic acids is 1. The Labute approximate surface area is 186 Å². The molecule has 2 aromatic carbocycles. The van der Waals surface area contributed by atoms with Crippen molar-refractivity contribution in [3.8, 4) is 5.75 Å². The maximum Gasteiger partial charge on any atom is 0.356 e. The number of halogens is 4. The fourth-order valence-corrected chi connectivity index (χ4v) is 3.83. The third-order valence-electron chi connectivity index (χ3n) is 5.13. The van der Waals surface area contributed by atoms with Gasteiger partial charge < -0.3 is 9.84 Å². The zero-order valence-corrected chi connectivity index (χ0v) is 17.3. The third-order valence-corrected chi connectivity index (χ3v) is 5.36. The van der Waals surface area contributed by atoms with E-state index >= 15 is 0 Å². The molecule has 0 spiro atoms. The van der Waals surface area contributed by atoms with Crippen LogP contribution in [0, 0.1) is 17.5 Å². The van der Waals surface area contributed by atoms with E-state index in [0.717, 1.165) is 17.6 Å². The van der Waals surface area contributed by atoms with Gasteiger partial charge in [0.1, 0.15) is 29.8 Å². The van der Waals surface area contributed by atoms with Crippen LogP contribution in [0.1, 0.15) is 46.6 Å². The highest BCUT2D eigenvalue weighted by Crippen LogP contribution is 2.43. The number of allylic oxidation sites excluding steroid dienone is 2. The summed E-state index contributed by atoms with van der Waals surface area (Å²) in [4.78, 5) is 19.4. The number of hydrogen-bond acceptors (Lipinski definition) is 4. The van der Waals surface area contributed by atoms with Crippen LogP contribution in [-0.4, -0.2) is 21.0 Å². The van der Waals surface area contributed by atoms with Crippen molar-refractivity contribution in [3.05, 3.63) is 87.7 Å². The van der Waals surface area contributed by atoms with Crippen LogP contribution in [0.15, 0.2) is 42.7 Å². The number of hydrogen-bond donors (Lipinski definition) is 1. The molecule has 1 heterocycles. The molecule has 1 N–H and O–H groups in total. The third kappa shape index (κ3) is 4.45. The average Bonchev–Trinajstić information content (AvgIpc) is 3.23. The van der Waals surface area contributed by atoms with Crippen LogP contribution in [0.5, 0.6) is 5.75 Å². The topological polar surface area (TPSA) is 72.3 Å². The van der Waals surface area contributed by atoms with Crippen molar-refractivity contribution in [1.29, 1.82) is 0 Å². The molecular formula is C23H16ClF3N2O3. The summed E-state index contributed by atoms with van der Waals surface area (Å²) in [5.41, 5.74) is 2.10. The quantitative estimate of drug-likeness (QED) is 0.494. The van der Waals surface area contributed by atoms with Gasteiger partial charge in [-0.15, -0.1) is 0 Å². The van der Waals surface area contributed by atoms with Crippen molar-refractivity contribution in [2.24, 2.45) is 0 Å². The van der Waals surface area contributed by atoms with Crippen molar-refractivity contribution in [2.45, 2.75) is 25.9 Å². The maximum atomic E-state index is 14.0. The molecule has 0 saturated heterocycles. The molecule has 1 aliphatic carbocycles. The van der Waals surface area contributed by atoms with Gasteiger partial charge in [0.25, 0.3) is 0 Å². The van der Waals surface area contributed by atoms with Crippen LogP contribution < -0.4 is 4.74 Å². The SMILES string of the molecule is O=C(O)c1cncc(C2=C(c3cc(Cl)ccc3OCc3c(F)cc(F)cc3F)CCC2)n1. The number of carbonyl (C=O) groups is 1. The summed E-state index contributed by atoms with van der Waals surface area (Å²) >= 11 is 6.20. The Morgan fingerprint density at radius 2 is 1.78 bits per heavy atom. The molecular weight excluding hydrogens is 445 g/mol. The molecule has 9 heteroatoms. The zero-order chi connectivity index (χ0) is 22.8. The Morgan fingerprint density at radius 3 is 2.50 bits per heavy atom. The van der Waals surface area contributed by atoms with Crippen LogP contribution in [0.25, 0.3) is 11.1 Å². The maximum absolute atomic E-state index is 14.0. The van der Waals surface area contributed by atoms with E-state index < -0.39 is 35.6 Å². The highest BCUT2D eigenvalue weighted by molar-refractivity contribution is 6.30. The first-order valence-corrected chi connectivity index (χ1v) is 10.0. The lowest BCUT2D eigenvalue weighted by molar-refractivity contribution is 0.0690. The van der Waals surface area contributed by atoms with E-state index in [9.17, 15) is 23.1 Å². The van der Waals surface area contributed by atoms with Crippen molar-refractivity contribution in [3.63, 3.8) is 0 Å². The van der Waals surface area contributed by atoms with Gasteiger partial charge in [-0.1, -0.05) is 11.6 Å². The normalized spacial score (nSPS) is 13.5. The van der Waals surface area contributed by atoms with Crippen molar-refractivity contribution in [2.75, 3.05) is 0 Å². The fourth-order valence-electron chi connectivity index (χ4n) is 3.66. The van der Waals surface area contributed by atoms with Gasteiger partial charge in [-0.2, -0.15) is 0 Å². The second-order valence-corrected chi connectivity index (χ2v) is 7.62. The van der Waals surface area contributed by atoms with Gasteiger partial charge in [-0.3, -0.25) is 4.98 Å². The molecule has 0 amide bonds. The number of nitrogens with zero attached hydrogens (tertiary/aromatic N) is 2. The minimum Gasteiger partial charge on any atom is -0.488 e. The molecule has 0 atom stereocenters. The first kappa shape index (κ1) is 21.8. The Kier molecular flexibility index (Phi) is 6.14. The van der Waals surface area contributed by atoms with E-state index in [1.54, 1.807) is 18.2 Å². The van der Waals surface area contributed by atoms with Crippen LogP contribution in [-0.2, 0) is 6.61 Å². The highest BCUT2D eigenvalue weighted by atomic mass is 35.5. The summed E-state index contributed by atoms with van der Waals surface area (Å²) in [5.74, 6) is -3.95. The lowest BCUT2D eigenvalue weighted by Gasteiger charge is -2.15.